The predicted octanol–water partition coefficient (Wildman–Crippen LogP) is 3.14. The Balaban J connectivity index is 2.00. The molecule has 100 valence electrons. The summed E-state index contributed by atoms with van der Waals surface area (Å²) in [5.74, 6) is -0.264. The van der Waals surface area contributed by atoms with E-state index in [0.717, 1.165) is 16.8 Å². The Morgan fingerprint density at radius 1 is 1.25 bits per heavy atom. The summed E-state index contributed by atoms with van der Waals surface area (Å²) in [6.07, 6.45) is 1.60. The van der Waals surface area contributed by atoms with Crippen molar-refractivity contribution in [3.8, 4) is 0 Å². The summed E-state index contributed by atoms with van der Waals surface area (Å²) in [6.45, 7) is 0.486. The average molecular weight is 268 g/mol. The fraction of sp³-hybridized carbons (Fsp3) is 0.0667. The zero-order chi connectivity index (χ0) is 13.9. The molecule has 0 amide bonds. The minimum atomic E-state index is -1.04. The second kappa shape index (κ2) is 5.05. The lowest BCUT2D eigenvalue weighted by Gasteiger charge is -2.09. The van der Waals surface area contributed by atoms with Crippen LogP contribution in [0.4, 0.5) is 5.69 Å². The molecule has 2 aromatic heterocycles. The third kappa shape index (κ3) is 2.33. The molecule has 0 aliphatic rings. The van der Waals surface area contributed by atoms with Gasteiger partial charge in [-0.15, -0.1) is 0 Å². The first-order valence-corrected chi connectivity index (χ1v) is 6.13. The molecule has 1 aromatic carbocycles. The first-order chi connectivity index (χ1) is 9.74. The molecule has 0 saturated carbocycles. The summed E-state index contributed by atoms with van der Waals surface area (Å²) in [5.41, 5.74) is 1.39. The van der Waals surface area contributed by atoms with Crippen molar-refractivity contribution in [1.29, 1.82) is 0 Å². The molecule has 2 heterocycles. The van der Waals surface area contributed by atoms with Gasteiger partial charge >= 0.3 is 5.97 Å². The molecule has 0 unspecified atom stereocenters. The van der Waals surface area contributed by atoms with E-state index >= 15 is 0 Å². The minimum absolute atomic E-state index is 0.0191. The van der Waals surface area contributed by atoms with Gasteiger partial charge in [-0.05, 0) is 24.3 Å². The number of hydrogen-bond donors (Lipinski definition) is 2. The Labute approximate surface area is 114 Å². The highest BCUT2D eigenvalue weighted by atomic mass is 16.4. The zero-order valence-electron chi connectivity index (χ0n) is 10.5. The maximum atomic E-state index is 11.1. The van der Waals surface area contributed by atoms with E-state index in [2.05, 4.69) is 10.3 Å². The summed E-state index contributed by atoms with van der Waals surface area (Å²) in [5, 5.41) is 13.2. The van der Waals surface area contributed by atoms with Crippen molar-refractivity contribution < 1.29 is 14.3 Å². The van der Waals surface area contributed by atoms with Crippen molar-refractivity contribution >= 4 is 22.6 Å². The number of anilines is 1. The lowest BCUT2D eigenvalue weighted by Crippen LogP contribution is -2.05. The van der Waals surface area contributed by atoms with Crippen LogP contribution in [0.3, 0.4) is 0 Å². The van der Waals surface area contributed by atoms with Gasteiger partial charge in [-0.25, -0.2) is 9.78 Å². The van der Waals surface area contributed by atoms with Crippen molar-refractivity contribution in [2.75, 3.05) is 5.32 Å². The summed E-state index contributed by atoms with van der Waals surface area (Å²) >= 11 is 0. The molecule has 0 atom stereocenters. The van der Waals surface area contributed by atoms with Crippen molar-refractivity contribution in [3.63, 3.8) is 0 Å². The van der Waals surface area contributed by atoms with Crippen LogP contribution in [0.2, 0.25) is 0 Å². The van der Waals surface area contributed by atoms with E-state index in [1.165, 1.54) is 6.07 Å². The van der Waals surface area contributed by atoms with Gasteiger partial charge in [-0.3, -0.25) is 0 Å². The monoisotopic (exact) mass is 268 g/mol. The van der Waals surface area contributed by atoms with Gasteiger partial charge in [-0.1, -0.05) is 18.2 Å². The number of carbonyl (C=O) groups is 1. The molecule has 3 rings (SSSR count). The lowest BCUT2D eigenvalue weighted by molar-refractivity contribution is 0.0691. The number of nitrogens with one attached hydrogen (secondary N) is 1. The van der Waals surface area contributed by atoms with Crippen molar-refractivity contribution in [1.82, 2.24) is 4.98 Å². The van der Waals surface area contributed by atoms with E-state index < -0.39 is 5.97 Å². The van der Waals surface area contributed by atoms with Crippen LogP contribution in [0.5, 0.6) is 0 Å². The normalized spacial score (nSPS) is 10.6. The van der Waals surface area contributed by atoms with E-state index in [1.54, 1.807) is 12.3 Å². The molecule has 20 heavy (non-hydrogen) atoms. The maximum Gasteiger partial charge on any atom is 0.354 e. The van der Waals surface area contributed by atoms with Gasteiger partial charge < -0.3 is 14.8 Å². The van der Waals surface area contributed by atoms with E-state index in [0.29, 0.717) is 12.1 Å². The van der Waals surface area contributed by atoms with Crippen molar-refractivity contribution in [2.45, 2.75) is 6.54 Å². The average Bonchev–Trinajstić information content (AvgIpc) is 2.97. The van der Waals surface area contributed by atoms with Crippen LogP contribution in [0.1, 0.15) is 16.2 Å². The highest BCUT2D eigenvalue weighted by Crippen LogP contribution is 2.23. The number of aromatic carboxylic acids is 1. The number of carboxylic acids is 1. The smallest absolute Gasteiger partial charge is 0.354 e. The van der Waals surface area contributed by atoms with E-state index in [1.807, 2.05) is 30.3 Å². The first-order valence-electron chi connectivity index (χ1n) is 6.13. The molecule has 0 spiro atoms. The number of carboxylic acid groups (broad SMARTS) is 1. The molecule has 5 nitrogen and oxygen atoms in total. The molecule has 3 aromatic rings. The highest BCUT2D eigenvalue weighted by molar-refractivity contribution is 5.97. The topological polar surface area (TPSA) is 75.4 Å². The highest BCUT2D eigenvalue weighted by Gasteiger charge is 2.10. The summed E-state index contributed by atoms with van der Waals surface area (Å²) in [6, 6.07) is 12.6. The molecule has 0 aliphatic carbocycles. The number of aromatic nitrogens is 1. The fourth-order valence-electron chi connectivity index (χ4n) is 2.03. The minimum Gasteiger partial charge on any atom is -0.477 e. The lowest BCUT2D eigenvalue weighted by atomic mass is 10.1. The number of pyridine rings is 1. The van der Waals surface area contributed by atoms with Crippen LogP contribution < -0.4 is 5.32 Å². The van der Waals surface area contributed by atoms with E-state index in [-0.39, 0.29) is 5.69 Å². The third-order valence-corrected chi connectivity index (χ3v) is 2.97. The number of fused-ring (bicyclic) bond motifs is 1. The van der Waals surface area contributed by atoms with Gasteiger partial charge in [0.1, 0.15) is 5.76 Å². The maximum absolute atomic E-state index is 11.1. The van der Waals surface area contributed by atoms with E-state index in [9.17, 15) is 4.79 Å². The summed E-state index contributed by atoms with van der Waals surface area (Å²) in [7, 11) is 0. The largest absolute Gasteiger partial charge is 0.477 e. The van der Waals surface area contributed by atoms with E-state index in [4.69, 9.17) is 9.52 Å². The first kappa shape index (κ1) is 12.2. The van der Waals surface area contributed by atoms with Gasteiger partial charge in [0, 0.05) is 11.1 Å². The number of rotatable bonds is 4. The molecular weight excluding hydrogens is 256 g/mol. The number of para-hydroxylation sites is 1. The zero-order valence-corrected chi connectivity index (χ0v) is 10.5. The Bertz CT molecular complexity index is 751. The Morgan fingerprint density at radius 2 is 2.10 bits per heavy atom. The van der Waals surface area contributed by atoms with Crippen LogP contribution in [0.25, 0.3) is 10.9 Å². The molecule has 0 bridgehead atoms. The number of hydrogen-bond acceptors (Lipinski definition) is 4. The molecule has 0 saturated heterocycles. The second-order valence-corrected chi connectivity index (χ2v) is 4.31. The van der Waals surface area contributed by atoms with Crippen molar-refractivity contribution in [2.24, 2.45) is 0 Å². The van der Waals surface area contributed by atoms with Crippen LogP contribution >= 0.6 is 0 Å². The van der Waals surface area contributed by atoms with Gasteiger partial charge in [-0.2, -0.15) is 0 Å². The van der Waals surface area contributed by atoms with Crippen molar-refractivity contribution in [3.05, 3.63) is 60.2 Å². The standard InChI is InChI=1S/C15H12N2O3/c18-15(19)14-8-13(16-9-10-4-3-7-20-10)11-5-1-2-6-12(11)17-14/h1-8H,9H2,(H,16,17)(H,18,19). The Hall–Kier alpha value is -2.82. The second-order valence-electron chi connectivity index (χ2n) is 4.31. The quantitative estimate of drug-likeness (QED) is 0.760. The van der Waals surface area contributed by atoms with Crippen LogP contribution in [-0.2, 0) is 6.54 Å². The third-order valence-electron chi connectivity index (χ3n) is 2.97. The number of benzene rings is 1. The number of furan rings is 1. The molecule has 0 fully saturated rings. The molecule has 0 aliphatic heterocycles. The fourth-order valence-corrected chi connectivity index (χ4v) is 2.03. The van der Waals surface area contributed by atoms with Gasteiger partial charge in [0.05, 0.1) is 18.3 Å². The molecule has 5 heteroatoms. The molecule has 2 N–H and O–H groups in total. The van der Waals surface area contributed by atoms with Crippen LogP contribution in [-0.4, -0.2) is 16.1 Å². The number of nitrogens with zero attached hydrogens (tertiary/aromatic N) is 1. The van der Waals surface area contributed by atoms with Gasteiger partial charge in [0.2, 0.25) is 0 Å². The Morgan fingerprint density at radius 3 is 2.85 bits per heavy atom. The van der Waals surface area contributed by atoms with Gasteiger partial charge in [0.15, 0.2) is 5.69 Å². The van der Waals surface area contributed by atoms with Crippen LogP contribution in [0, 0.1) is 0 Å². The van der Waals surface area contributed by atoms with Gasteiger partial charge in [0.25, 0.3) is 0 Å². The SMILES string of the molecule is O=C(O)c1cc(NCc2ccco2)c2ccccc2n1. The summed E-state index contributed by atoms with van der Waals surface area (Å²) < 4.78 is 5.25. The molecular formula is C15H12N2O3. The Kier molecular flexibility index (Phi) is 3.09. The van der Waals surface area contributed by atoms with Crippen LogP contribution in [0.15, 0.2) is 53.1 Å². The summed E-state index contributed by atoms with van der Waals surface area (Å²) in [4.78, 5) is 15.2. The predicted molar refractivity (Wildman–Crippen MR) is 74.7 cm³/mol. The molecule has 0 radical (unpaired) electrons.